The van der Waals surface area contributed by atoms with Crippen molar-refractivity contribution >= 4 is 18.0 Å². The average molecular weight is 303 g/mol. The molecule has 1 amide bonds. The lowest BCUT2D eigenvalue weighted by atomic mass is 10.1. The summed E-state index contributed by atoms with van der Waals surface area (Å²) in [4.78, 5) is 22.8. The lowest BCUT2D eigenvalue weighted by Gasteiger charge is -2.03. The van der Waals surface area contributed by atoms with Crippen molar-refractivity contribution < 1.29 is 19.1 Å². The van der Waals surface area contributed by atoms with Gasteiger partial charge in [0.1, 0.15) is 5.75 Å². The van der Waals surface area contributed by atoms with Crippen LogP contribution < -0.4 is 10.1 Å². The third-order valence-corrected chi connectivity index (χ3v) is 3.30. The van der Waals surface area contributed by atoms with Crippen LogP contribution in [-0.2, 0) is 20.7 Å². The molecule has 1 aliphatic rings. The molecule has 0 unspecified atom stereocenters. The predicted octanol–water partition coefficient (Wildman–Crippen LogP) is 2.09. The van der Waals surface area contributed by atoms with Crippen LogP contribution in [0, 0.1) is 0 Å². The second-order valence-corrected chi connectivity index (χ2v) is 5.00. The summed E-state index contributed by atoms with van der Waals surface area (Å²) < 4.78 is 10.3. The molecule has 1 aromatic carbocycles. The van der Waals surface area contributed by atoms with Gasteiger partial charge >= 0.3 is 5.97 Å². The molecule has 118 valence electrons. The van der Waals surface area contributed by atoms with Gasteiger partial charge in [0.2, 0.25) is 5.91 Å². The molecule has 0 fully saturated rings. The van der Waals surface area contributed by atoms with E-state index >= 15 is 0 Å². The molecule has 22 heavy (non-hydrogen) atoms. The Morgan fingerprint density at radius 2 is 2.27 bits per heavy atom. The van der Waals surface area contributed by atoms with E-state index in [9.17, 15) is 9.59 Å². The van der Waals surface area contributed by atoms with Crippen molar-refractivity contribution in [2.75, 3.05) is 19.8 Å². The smallest absolute Gasteiger partial charge is 0.305 e. The summed E-state index contributed by atoms with van der Waals surface area (Å²) in [5.41, 5.74) is 2.16. The van der Waals surface area contributed by atoms with E-state index in [1.54, 1.807) is 13.0 Å². The molecule has 0 saturated heterocycles. The Kier molecular flexibility index (Phi) is 6.01. The Balaban J connectivity index is 1.71. The zero-order valence-corrected chi connectivity index (χ0v) is 12.8. The van der Waals surface area contributed by atoms with E-state index in [-0.39, 0.29) is 11.9 Å². The first kappa shape index (κ1) is 16.1. The number of esters is 1. The molecule has 5 heteroatoms. The van der Waals surface area contributed by atoms with E-state index in [4.69, 9.17) is 9.47 Å². The van der Waals surface area contributed by atoms with Crippen molar-refractivity contribution in [3.05, 3.63) is 35.4 Å². The summed E-state index contributed by atoms with van der Waals surface area (Å²) in [5, 5.41) is 2.74. The largest absolute Gasteiger partial charge is 0.493 e. The van der Waals surface area contributed by atoms with Crippen molar-refractivity contribution in [2.45, 2.75) is 26.2 Å². The van der Waals surface area contributed by atoms with Crippen LogP contribution in [0.1, 0.15) is 30.9 Å². The molecular formula is C17H21NO4. The Bertz CT molecular complexity index is 566. The zero-order valence-electron chi connectivity index (χ0n) is 12.8. The van der Waals surface area contributed by atoms with E-state index in [1.807, 2.05) is 18.2 Å². The van der Waals surface area contributed by atoms with E-state index in [2.05, 4.69) is 5.32 Å². The first-order valence-electron chi connectivity index (χ1n) is 7.56. The zero-order chi connectivity index (χ0) is 15.8. The minimum atomic E-state index is -0.229. The van der Waals surface area contributed by atoms with Gasteiger partial charge in [-0.25, -0.2) is 0 Å². The number of rotatable bonds is 7. The second-order valence-electron chi connectivity index (χ2n) is 5.00. The van der Waals surface area contributed by atoms with Crippen molar-refractivity contribution in [3.63, 3.8) is 0 Å². The molecular weight excluding hydrogens is 282 g/mol. The molecule has 2 rings (SSSR count). The molecule has 0 bridgehead atoms. The number of fused-ring (bicyclic) bond motifs is 1. The van der Waals surface area contributed by atoms with E-state index in [0.717, 1.165) is 24.3 Å². The van der Waals surface area contributed by atoms with Crippen molar-refractivity contribution in [2.24, 2.45) is 0 Å². The number of carbonyl (C=O) groups is 2. The van der Waals surface area contributed by atoms with Gasteiger partial charge in [-0.3, -0.25) is 9.59 Å². The van der Waals surface area contributed by atoms with Crippen LogP contribution in [-0.4, -0.2) is 31.6 Å². The second kappa shape index (κ2) is 8.22. The van der Waals surface area contributed by atoms with Gasteiger partial charge in [0.25, 0.3) is 0 Å². The van der Waals surface area contributed by atoms with Gasteiger partial charge in [0, 0.05) is 25.5 Å². The number of hydrogen-bond acceptors (Lipinski definition) is 4. The standard InChI is InChI=1S/C17H21NO4/c1-2-21-17(20)4-3-10-18-16(19)8-6-13-5-7-15-14(12-13)9-11-22-15/h5-8,12H,2-4,9-11H2,1H3,(H,18,19)/b8-6+. The summed E-state index contributed by atoms with van der Waals surface area (Å²) in [6.45, 7) is 3.35. The molecule has 0 atom stereocenters. The average Bonchev–Trinajstić information content (AvgIpc) is 2.97. The third kappa shape index (κ3) is 4.91. The Morgan fingerprint density at radius 3 is 3.09 bits per heavy atom. The van der Waals surface area contributed by atoms with Crippen molar-refractivity contribution in [1.82, 2.24) is 5.32 Å². The van der Waals surface area contributed by atoms with Crippen LogP contribution in [0.3, 0.4) is 0 Å². The van der Waals surface area contributed by atoms with Crippen molar-refractivity contribution in [3.8, 4) is 5.75 Å². The molecule has 0 radical (unpaired) electrons. The van der Waals surface area contributed by atoms with Crippen LogP contribution in [0.5, 0.6) is 5.75 Å². The molecule has 1 aliphatic heterocycles. The molecule has 1 N–H and O–H groups in total. The van der Waals surface area contributed by atoms with Crippen molar-refractivity contribution in [1.29, 1.82) is 0 Å². The fourth-order valence-corrected chi connectivity index (χ4v) is 2.22. The van der Waals surface area contributed by atoms with E-state index < -0.39 is 0 Å². The summed E-state index contributed by atoms with van der Waals surface area (Å²) in [7, 11) is 0. The highest BCUT2D eigenvalue weighted by Crippen LogP contribution is 2.26. The van der Waals surface area contributed by atoms with E-state index in [1.165, 1.54) is 11.6 Å². The molecule has 0 saturated carbocycles. The molecule has 1 heterocycles. The number of ether oxygens (including phenoxy) is 2. The highest BCUT2D eigenvalue weighted by atomic mass is 16.5. The maximum atomic E-state index is 11.7. The van der Waals surface area contributed by atoms with Crippen LogP contribution in [0.25, 0.3) is 6.08 Å². The quantitative estimate of drug-likeness (QED) is 0.476. The van der Waals surface area contributed by atoms with Crippen LogP contribution in [0.4, 0.5) is 0 Å². The SMILES string of the molecule is CCOC(=O)CCCNC(=O)/C=C/c1ccc2c(c1)CCO2. The Labute approximate surface area is 130 Å². The lowest BCUT2D eigenvalue weighted by molar-refractivity contribution is -0.143. The van der Waals surface area contributed by atoms with Gasteiger partial charge in [-0.05, 0) is 42.7 Å². The number of carbonyl (C=O) groups excluding carboxylic acids is 2. The summed E-state index contributed by atoms with van der Waals surface area (Å²) in [6, 6.07) is 5.89. The van der Waals surface area contributed by atoms with Gasteiger partial charge in [0.15, 0.2) is 0 Å². The van der Waals surface area contributed by atoms with Crippen LogP contribution in [0.2, 0.25) is 0 Å². The monoisotopic (exact) mass is 303 g/mol. The third-order valence-electron chi connectivity index (χ3n) is 3.30. The number of nitrogens with one attached hydrogen (secondary N) is 1. The van der Waals surface area contributed by atoms with Gasteiger partial charge in [-0.1, -0.05) is 6.07 Å². The number of benzene rings is 1. The first-order valence-corrected chi connectivity index (χ1v) is 7.56. The number of amides is 1. The summed E-state index contributed by atoms with van der Waals surface area (Å²) in [6.07, 6.45) is 5.09. The fraction of sp³-hybridized carbons (Fsp3) is 0.412. The molecule has 0 spiro atoms. The lowest BCUT2D eigenvalue weighted by Crippen LogP contribution is -2.22. The highest BCUT2D eigenvalue weighted by Gasteiger charge is 2.11. The molecule has 0 aliphatic carbocycles. The number of hydrogen-bond donors (Lipinski definition) is 1. The van der Waals surface area contributed by atoms with Crippen LogP contribution >= 0.6 is 0 Å². The normalized spacial score (nSPS) is 12.8. The highest BCUT2D eigenvalue weighted by molar-refractivity contribution is 5.91. The van der Waals surface area contributed by atoms with Crippen LogP contribution in [0.15, 0.2) is 24.3 Å². The van der Waals surface area contributed by atoms with Gasteiger partial charge in [-0.15, -0.1) is 0 Å². The molecule has 0 aromatic heterocycles. The fourth-order valence-electron chi connectivity index (χ4n) is 2.22. The first-order chi connectivity index (χ1) is 10.7. The minimum absolute atomic E-state index is 0.166. The van der Waals surface area contributed by atoms with Gasteiger partial charge in [0.05, 0.1) is 13.2 Å². The molecule has 5 nitrogen and oxygen atoms in total. The Hall–Kier alpha value is -2.30. The predicted molar refractivity (Wildman–Crippen MR) is 83.6 cm³/mol. The van der Waals surface area contributed by atoms with Gasteiger partial charge < -0.3 is 14.8 Å². The summed E-state index contributed by atoms with van der Waals surface area (Å²) in [5.74, 6) is 0.536. The maximum absolute atomic E-state index is 11.7. The topological polar surface area (TPSA) is 64.6 Å². The van der Waals surface area contributed by atoms with E-state index in [0.29, 0.717) is 26.0 Å². The maximum Gasteiger partial charge on any atom is 0.305 e. The minimum Gasteiger partial charge on any atom is -0.493 e. The summed E-state index contributed by atoms with van der Waals surface area (Å²) >= 11 is 0. The Morgan fingerprint density at radius 1 is 1.41 bits per heavy atom. The molecule has 1 aromatic rings. The van der Waals surface area contributed by atoms with Gasteiger partial charge in [-0.2, -0.15) is 0 Å².